The van der Waals surface area contributed by atoms with Crippen molar-refractivity contribution in [2.24, 2.45) is 0 Å². The molecule has 1 heterocycles. The number of aliphatic carboxylic acids is 1. The molecule has 0 spiro atoms. The van der Waals surface area contributed by atoms with Crippen LogP contribution < -0.4 is 10.6 Å². The number of likely N-dealkylation sites (N-methyl/N-ethyl adjacent to an activating group) is 1. The van der Waals surface area contributed by atoms with Gasteiger partial charge in [0.25, 0.3) is 0 Å². The molecule has 1 aliphatic heterocycles. The minimum absolute atomic E-state index is 0.272. The number of hydrogen-bond acceptors (Lipinski definition) is 4. The number of carboxylic acid groups (broad SMARTS) is 1. The third-order valence-corrected chi connectivity index (χ3v) is 3.09. The van der Waals surface area contributed by atoms with Crippen LogP contribution in [0.3, 0.4) is 0 Å². The standard InChI is InChI=1S/C11H19N3O5/c1-12-9(16)8-4-2-3-5-14(8)11(19)13-7(6-15)10(17)18/h7-8,15H,2-6H2,1H3,(H,12,16)(H,13,19)(H,17,18)/t7-,8?/m0/s1. The van der Waals surface area contributed by atoms with Gasteiger partial charge in [-0.1, -0.05) is 0 Å². The third kappa shape index (κ3) is 3.82. The van der Waals surface area contributed by atoms with Crippen molar-refractivity contribution in [1.82, 2.24) is 15.5 Å². The molecular formula is C11H19N3O5. The number of aliphatic hydroxyl groups excluding tert-OH is 1. The number of nitrogens with one attached hydrogen (secondary N) is 2. The Labute approximate surface area is 110 Å². The number of amides is 3. The normalized spacial score (nSPS) is 20.5. The molecule has 3 amide bonds. The Balaban J connectivity index is 2.71. The quantitative estimate of drug-likeness (QED) is 0.510. The molecule has 1 fully saturated rings. The lowest BCUT2D eigenvalue weighted by molar-refractivity contribution is -0.140. The summed E-state index contributed by atoms with van der Waals surface area (Å²) in [6.45, 7) is -0.304. The lowest BCUT2D eigenvalue weighted by Gasteiger charge is -2.34. The zero-order valence-electron chi connectivity index (χ0n) is 10.8. The van der Waals surface area contributed by atoms with Crippen LogP contribution in [0.2, 0.25) is 0 Å². The monoisotopic (exact) mass is 273 g/mol. The number of urea groups is 1. The zero-order valence-corrected chi connectivity index (χ0v) is 10.8. The summed E-state index contributed by atoms with van der Waals surface area (Å²) in [5, 5.41) is 22.3. The number of nitrogens with zero attached hydrogens (tertiary/aromatic N) is 1. The number of rotatable bonds is 4. The fraction of sp³-hybridized carbons (Fsp3) is 0.727. The molecule has 1 rings (SSSR count). The molecule has 19 heavy (non-hydrogen) atoms. The van der Waals surface area contributed by atoms with Crippen LogP contribution in [-0.4, -0.2) is 65.3 Å². The summed E-state index contributed by atoms with van der Waals surface area (Å²) in [6.07, 6.45) is 2.14. The number of aliphatic hydroxyl groups is 1. The molecule has 0 saturated carbocycles. The van der Waals surface area contributed by atoms with Crippen molar-refractivity contribution in [3.8, 4) is 0 Å². The van der Waals surface area contributed by atoms with Crippen LogP contribution in [0.1, 0.15) is 19.3 Å². The van der Waals surface area contributed by atoms with Crippen molar-refractivity contribution in [1.29, 1.82) is 0 Å². The van der Waals surface area contributed by atoms with E-state index < -0.39 is 30.7 Å². The van der Waals surface area contributed by atoms with Crippen LogP contribution in [0.15, 0.2) is 0 Å². The molecule has 0 aromatic heterocycles. The first-order valence-electron chi connectivity index (χ1n) is 6.13. The van der Waals surface area contributed by atoms with Crippen molar-refractivity contribution in [2.75, 3.05) is 20.2 Å². The highest BCUT2D eigenvalue weighted by atomic mass is 16.4. The Kier molecular flexibility index (Phi) is 5.56. The molecule has 0 aromatic rings. The van der Waals surface area contributed by atoms with Gasteiger partial charge in [-0.15, -0.1) is 0 Å². The molecule has 2 atom stereocenters. The average molecular weight is 273 g/mol. The van der Waals surface area contributed by atoms with Gasteiger partial charge in [0.05, 0.1) is 6.61 Å². The second-order valence-electron chi connectivity index (χ2n) is 4.34. The van der Waals surface area contributed by atoms with Crippen molar-refractivity contribution in [3.05, 3.63) is 0 Å². The van der Waals surface area contributed by atoms with E-state index in [4.69, 9.17) is 10.2 Å². The summed E-state index contributed by atoms with van der Waals surface area (Å²) >= 11 is 0. The maximum absolute atomic E-state index is 12.0. The van der Waals surface area contributed by atoms with E-state index in [0.717, 1.165) is 12.8 Å². The van der Waals surface area contributed by atoms with E-state index in [1.165, 1.54) is 11.9 Å². The van der Waals surface area contributed by atoms with Gasteiger partial charge in [0, 0.05) is 13.6 Å². The van der Waals surface area contributed by atoms with Crippen LogP contribution in [0.25, 0.3) is 0 Å². The van der Waals surface area contributed by atoms with E-state index in [-0.39, 0.29) is 5.91 Å². The molecule has 8 nitrogen and oxygen atoms in total. The fourth-order valence-electron chi connectivity index (χ4n) is 2.03. The van der Waals surface area contributed by atoms with Gasteiger partial charge in [0.15, 0.2) is 6.04 Å². The van der Waals surface area contributed by atoms with Gasteiger partial charge >= 0.3 is 12.0 Å². The molecule has 1 unspecified atom stereocenters. The molecule has 108 valence electrons. The van der Waals surface area contributed by atoms with Crippen molar-refractivity contribution in [2.45, 2.75) is 31.3 Å². The van der Waals surface area contributed by atoms with E-state index >= 15 is 0 Å². The summed E-state index contributed by atoms with van der Waals surface area (Å²) in [6, 6.07) is -2.60. The number of carboxylic acids is 1. The number of carbonyl (C=O) groups excluding carboxylic acids is 2. The summed E-state index contributed by atoms with van der Waals surface area (Å²) in [5.74, 6) is -1.59. The van der Waals surface area contributed by atoms with Gasteiger partial charge in [-0.05, 0) is 19.3 Å². The minimum Gasteiger partial charge on any atom is -0.480 e. The predicted octanol–water partition coefficient (Wildman–Crippen LogP) is -1.26. The number of hydrogen-bond donors (Lipinski definition) is 4. The highest BCUT2D eigenvalue weighted by Gasteiger charge is 2.33. The topological polar surface area (TPSA) is 119 Å². The van der Waals surface area contributed by atoms with Crippen molar-refractivity contribution in [3.63, 3.8) is 0 Å². The van der Waals surface area contributed by atoms with Crippen LogP contribution in [0.5, 0.6) is 0 Å². The summed E-state index contributed by atoms with van der Waals surface area (Å²) in [7, 11) is 1.49. The fourth-order valence-corrected chi connectivity index (χ4v) is 2.03. The highest BCUT2D eigenvalue weighted by Crippen LogP contribution is 2.17. The van der Waals surface area contributed by atoms with Crippen LogP contribution in [0, 0.1) is 0 Å². The second kappa shape index (κ2) is 6.93. The molecule has 1 aliphatic rings. The highest BCUT2D eigenvalue weighted by molar-refractivity contribution is 5.88. The van der Waals surface area contributed by atoms with E-state index in [2.05, 4.69) is 10.6 Å². The number of carbonyl (C=O) groups is 3. The Morgan fingerprint density at radius 2 is 2.05 bits per heavy atom. The van der Waals surface area contributed by atoms with Crippen LogP contribution in [-0.2, 0) is 9.59 Å². The first kappa shape index (κ1) is 15.2. The van der Waals surface area contributed by atoms with Gasteiger partial charge in [-0.3, -0.25) is 4.79 Å². The number of piperidine rings is 1. The Hall–Kier alpha value is -1.83. The van der Waals surface area contributed by atoms with Gasteiger partial charge in [0.2, 0.25) is 5.91 Å². The second-order valence-corrected chi connectivity index (χ2v) is 4.34. The van der Waals surface area contributed by atoms with Gasteiger partial charge in [-0.2, -0.15) is 0 Å². The van der Waals surface area contributed by atoms with Gasteiger partial charge in [0.1, 0.15) is 6.04 Å². The largest absolute Gasteiger partial charge is 0.480 e. The molecule has 0 radical (unpaired) electrons. The molecule has 0 bridgehead atoms. The summed E-state index contributed by atoms with van der Waals surface area (Å²) in [4.78, 5) is 35.7. The Morgan fingerprint density at radius 1 is 1.37 bits per heavy atom. The summed E-state index contributed by atoms with van der Waals surface area (Å²) in [5.41, 5.74) is 0. The smallest absolute Gasteiger partial charge is 0.328 e. The van der Waals surface area contributed by atoms with Crippen molar-refractivity contribution < 1.29 is 24.6 Å². The minimum atomic E-state index is -1.36. The zero-order chi connectivity index (χ0) is 14.4. The Bertz CT molecular complexity index is 360. The molecule has 8 heteroatoms. The van der Waals surface area contributed by atoms with Gasteiger partial charge in [-0.25, -0.2) is 9.59 Å². The van der Waals surface area contributed by atoms with E-state index in [0.29, 0.717) is 13.0 Å². The molecule has 4 N–H and O–H groups in total. The molecule has 0 aromatic carbocycles. The SMILES string of the molecule is CNC(=O)C1CCCCN1C(=O)N[C@@H](CO)C(=O)O. The van der Waals surface area contributed by atoms with Crippen molar-refractivity contribution >= 4 is 17.9 Å². The predicted molar refractivity (Wildman–Crippen MR) is 65.5 cm³/mol. The lowest BCUT2D eigenvalue weighted by atomic mass is 10.0. The summed E-state index contributed by atoms with van der Waals surface area (Å²) < 4.78 is 0. The molecule has 1 saturated heterocycles. The number of likely N-dealkylation sites (tertiary alicyclic amines) is 1. The third-order valence-electron chi connectivity index (χ3n) is 3.09. The van der Waals surface area contributed by atoms with Crippen LogP contribution in [0.4, 0.5) is 4.79 Å². The molecular weight excluding hydrogens is 254 g/mol. The average Bonchev–Trinajstić information content (AvgIpc) is 2.43. The van der Waals surface area contributed by atoms with Gasteiger partial charge < -0.3 is 25.7 Å². The Morgan fingerprint density at radius 3 is 2.58 bits per heavy atom. The van der Waals surface area contributed by atoms with E-state index in [1.807, 2.05) is 0 Å². The van der Waals surface area contributed by atoms with E-state index in [1.54, 1.807) is 0 Å². The molecule has 0 aliphatic carbocycles. The maximum Gasteiger partial charge on any atom is 0.328 e. The van der Waals surface area contributed by atoms with E-state index in [9.17, 15) is 14.4 Å². The first-order valence-corrected chi connectivity index (χ1v) is 6.13. The lowest BCUT2D eigenvalue weighted by Crippen LogP contribution is -2.57. The maximum atomic E-state index is 12.0. The first-order chi connectivity index (χ1) is 9.01. The van der Waals surface area contributed by atoms with Crippen LogP contribution >= 0.6 is 0 Å².